The highest BCUT2D eigenvalue weighted by atomic mass is 16.5. The monoisotopic (exact) mass is 359 g/mol. The molecule has 8 nitrogen and oxygen atoms in total. The lowest BCUT2D eigenvalue weighted by molar-refractivity contribution is 0.0326. The van der Waals surface area contributed by atoms with Crippen molar-refractivity contribution in [2.24, 2.45) is 14.1 Å². The average molecular weight is 359 g/mol. The van der Waals surface area contributed by atoms with Crippen LogP contribution in [0, 0.1) is 0 Å². The van der Waals surface area contributed by atoms with E-state index in [1.54, 1.807) is 0 Å². The standard InChI is InChI=1S/C18H29N7O/c1-22-7-5-19-16(22)13-25-6-3-4-15(12-25)18-21-20-17(23(18)2)14-24-8-10-26-11-9-24/h5,7,15H,3-4,6,8-14H2,1-2H3/t15-/m0/s1. The molecule has 4 rings (SSSR count). The van der Waals surface area contributed by atoms with E-state index in [9.17, 15) is 0 Å². The molecular weight excluding hydrogens is 330 g/mol. The number of aromatic nitrogens is 5. The van der Waals surface area contributed by atoms with Gasteiger partial charge in [0.05, 0.1) is 26.3 Å². The summed E-state index contributed by atoms with van der Waals surface area (Å²) in [6, 6.07) is 0. The molecule has 0 aliphatic carbocycles. The molecule has 2 aliphatic heterocycles. The topological polar surface area (TPSA) is 64.2 Å². The van der Waals surface area contributed by atoms with Gasteiger partial charge in [-0.2, -0.15) is 0 Å². The molecule has 2 aromatic rings. The van der Waals surface area contributed by atoms with Gasteiger partial charge in [0.15, 0.2) is 0 Å². The van der Waals surface area contributed by atoms with E-state index in [2.05, 4.69) is 48.2 Å². The Bertz CT molecular complexity index is 719. The Hall–Kier alpha value is -1.77. The Morgan fingerprint density at radius 2 is 1.85 bits per heavy atom. The maximum Gasteiger partial charge on any atom is 0.146 e. The number of likely N-dealkylation sites (tertiary alicyclic amines) is 1. The van der Waals surface area contributed by atoms with Crippen molar-refractivity contribution in [2.45, 2.75) is 31.8 Å². The Morgan fingerprint density at radius 1 is 1.04 bits per heavy atom. The Kier molecular flexibility index (Phi) is 5.33. The fourth-order valence-corrected chi connectivity index (χ4v) is 3.99. The third-order valence-corrected chi connectivity index (χ3v) is 5.62. The number of rotatable bonds is 5. The molecule has 0 amide bonds. The highest BCUT2D eigenvalue weighted by molar-refractivity contribution is 5.04. The minimum absolute atomic E-state index is 0.444. The highest BCUT2D eigenvalue weighted by Crippen LogP contribution is 2.26. The zero-order valence-corrected chi connectivity index (χ0v) is 15.8. The number of ether oxygens (including phenoxy) is 1. The van der Waals surface area contributed by atoms with Crippen LogP contribution >= 0.6 is 0 Å². The van der Waals surface area contributed by atoms with Crippen molar-refractivity contribution in [3.8, 4) is 0 Å². The van der Waals surface area contributed by atoms with Crippen LogP contribution in [0.2, 0.25) is 0 Å². The van der Waals surface area contributed by atoms with Crippen molar-refractivity contribution in [3.63, 3.8) is 0 Å². The normalized spacial score (nSPS) is 22.8. The third-order valence-electron chi connectivity index (χ3n) is 5.62. The molecule has 0 bridgehead atoms. The molecule has 0 spiro atoms. The predicted octanol–water partition coefficient (Wildman–Crippen LogP) is 0.760. The number of aryl methyl sites for hydroxylation is 1. The van der Waals surface area contributed by atoms with Gasteiger partial charge in [0.2, 0.25) is 0 Å². The van der Waals surface area contributed by atoms with Crippen molar-refractivity contribution in [2.75, 3.05) is 39.4 Å². The largest absolute Gasteiger partial charge is 0.379 e. The van der Waals surface area contributed by atoms with Crippen LogP contribution in [0.3, 0.4) is 0 Å². The molecule has 4 heterocycles. The number of imidazole rings is 1. The lowest BCUT2D eigenvalue weighted by Gasteiger charge is -2.32. The van der Waals surface area contributed by atoms with Crippen LogP contribution in [0.5, 0.6) is 0 Å². The van der Waals surface area contributed by atoms with Gasteiger partial charge in [0.25, 0.3) is 0 Å². The minimum Gasteiger partial charge on any atom is -0.379 e. The van der Waals surface area contributed by atoms with E-state index in [1.165, 1.54) is 12.8 Å². The second kappa shape index (κ2) is 7.85. The summed E-state index contributed by atoms with van der Waals surface area (Å²) >= 11 is 0. The summed E-state index contributed by atoms with van der Waals surface area (Å²) in [4.78, 5) is 9.35. The summed E-state index contributed by atoms with van der Waals surface area (Å²) in [6.07, 6.45) is 6.26. The van der Waals surface area contributed by atoms with Gasteiger partial charge in [-0.3, -0.25) is 9.80 Å². The van der Waals surface area contributed by atoms with Gasteiger partial charge in [-0.25, -0.2) is 4.98 Å². The first-order valence-electron chi connectivity index (χ1n) is 9.57. The molecule has 2 aromatic heterocycles. The van der Waals surface area contributed by atoms with E-state index in [1.807, 2.05) is 12.4 Å². The molecule has 0 unspecified atom stereocenters. The molecule has 8 heteroatoms. The summed E-state index contributed by atoms with van der Waals surface area (Å²) < 4.78 is 9.75. The van der Waals surface area contributed by atoms with Gasteiger partial charge in [0, 0.05) is 52.0 Å². The van der Waals surface area contributed by atoms with E-state index < -0.39 is 0 Å². The van der Waals surface area contributed by atoms with Crippen LogP contribution in [0.25, 0.3) is 0 Å². The summed E-state index contributed by atoms with van der Waals surface area (Å²) in [5.41, 5.74) is 0. The van der Waals surface area contributed by atoms with E-state index in [0.717, 1.165) is 70.0 Å². The second-order valence-corrected chi connectivity index (χ2v) is 7.45. The van der Waals surface area contributed by atoms with Gasteiger partial charge in [-0.05, 0) is 19.4 Å². The number of hydrogen-bond donors (Lipinski definition) is 0. The molecule has 142 valence electrons. The zero-order valence-electron chi connectivity index (χ0n) is 15.8. The molecular formula is C18H29N7O. The first kappa shape index (κ1) is 17.6. The third kappa shape index (κ3) is 3.82. The van der Waals surface area contributed by atoms with Gasteiger partial charge in [-0.1, -0.05) is 0 Å². The summed E-state index contributed by atoms with van der Waals surface area (Å²) in [7, 11) is 4.17. The Morgan fingerprint density at radius 3 is 2.62 bits per heavy atom. The van der Waals surface area contributed by atoms with Crippen LogP contribution < -0.4 is 0 Å². The Labute approximate surface area is 154 Å². The molecule has 0 saturated carbocycles. The van der Waals surface area contributed by atoms with Crippen LogP contribution in [0.15, 0.2) is 12.4 Å². The highest BCUT2D eigenvalue weighted by Gasteiger charge is 2.27. The van der Waals surface area contributed by atoms with Crippen LogP contribution in [0.4, 0.5) is 0 Å². The fourth-order valence-electron chi connectivity index (χ4n) is 3.99. The molecule has 2 saturated heterocycles. The smallest absolute Gasteiger partial charge is 0.146 e. The summed E-state index contributed by atoms with van der Waals surface area (Å²) in [6.45, 7) is 7.49. The number of hydrogen-bond acceptors (Lipinski definition) is 6. The second-order valence-electron chi connectivity index (χ2n) is 7.45. The lowest BCUT2D eigenvalue weighted by atomic mass is 9.97. The van der Waals surface area contributed by atoms with Gasteiger partial charge < -0.3 is 13.9 Å². The van der Waals surface area contributed by atoms with E-state index in [0.29, 0.717) is 5.92 Å². The fraction of sp³-hybridized carbons (Fsp3) is 0.722. The Balaban J connectivity index is 1.41. The number of piperidine rings is 1. The van der Waals surface area contributed by atoms with Gasteiger partial charge in [0.1, 0.15) is 17.5 Å². The molecule has 0 radical (unpaired) electrons. The van der Waals surface area contributed by atoms with E-state index in [4.69, 9.17) is 4.74 Å². The quantitative estimate of drug-likeness (QED) is 0.785. The SMILES string of the molecule is Cn1ccnc1CN1CCC[C@H](c2nnc(CN3CCOCC3)n2C)C1. The van der Waals surface area contributed by atoms with Gasteiger partial charge in [-0.15, -0.1) is 10.2 Å². The van der Waals surface area contributed by atoms with Crippen LogP contribution in [-0.2, 0) is 31.9 Å². The zero-order chi connectivity index (χ0) is 17.9. The lowest BCUT2D eigenvalue weighted by Crippen LogP contribution is -2.37. The maximum atomic E-state index is 5.43. The first-order chi connectivity index (χ1) is 12.7. The van der Waals surface area contributed by atoms with Crippen molar-refractivity contribution in [3.05, 3.63) is 29.9 Å². The predicted molar refractivity (Wildman–Crippen MR) is 97.6 cm³/mol. The first-order valence-corrected chi connectivity index (χ1v) is 9.57. The van der Waals surface area contributed by atoms with Crippen molar-refractivity contribution >= 4 is 0 Å². The van der Waals surface area contributed by atoms with Gasteiger partial charge >= 0.3 is 0 Å². The van der Waals surface area contributed by atoms with E-state index in [-0.39, 0.29) is 0 Å². The van der Waals surface area contributed by atoms with Crippen molar-refractivity contribution in [1.82, 2.24) is 34.1 Å². The molecule has 26 heavy (non-hydrogen) atoms. The van der Waals surface area contributed by atoms with Crippen molar-refractivity contribution < 1.29 is 4.74 Å². The molecule has 1 atom stereocenters. The summed E-state index contributed by atoms with van der Waals surface area (Å²) in [5, 5.41) is 9.06. The molecule has 2 aliphatic rings. The maximum absolute atomic E-state index is 5.43. The number of nitrogens with zero attached hydrogens (tertiary/aromatic N) is 7. The average Bonchev–Trinajstić information content (AvgIpc) is 3.22. The summed E-state index contributed by atoms with van der Waals surface area (Å²) in [5.74, 6) is 3.75. The minimum atomic E-state index is 0.444. The molecule has 2 fully saturated rings. The van der Waals surface area contributed by atoms with Crippen LogP contribution in [-0.4, -0.2) is 73.5 Å². The van der Waals surface area contributed by atoms with Crippen LogP contribution in [0.1, 0.15) is 36.2 Å². The number of morpholine rings is 1. The molecule has 0 N–H and O–H groups in total. The van der Waals surface area contributed by atoms with Crippen molar-refractivity contribution in [1.29, 1.82) is 0 Å². The molecule has 0 aromatic carbocycles. The van der Waals surface area contributed by atoms with E-state index >= 15 is 0 Å².